The molecule has 0 spiro atoms. The summed E-state index contributed by atoms with van der Waals surface area (Å²) >= 11 is 1.51. The Morgan fingerprint density at radius 2 is 1.75 bits per heavy atom. The Morgan fingerprint density at radius 1 is 1.09 bits per heavy atom. The van der Waals surface area contributed by atoms with Gasteiger partial charge >= 0.3 is 5.97 Å². The zero-order valence-corrected chi connectivity index (χ0v) is 19.3. The normalized spacial score (nSPS) is 15.5. The van der Waals surface area contributed by atoms with Crippen LogP contribution in [0.3, 0.4) is 0 Å². The summed E-state index contributed by atoms with van der Waals surface area (Å²) in [7, 11) is 0. The zero-order chi connectivity index (χ0) is 22.7. The number of fused-ring (bicyclic) bond motifs is 1. The maximum atomic E-state index is 13.4. The van der Waals surface area contributed by atoms with Gasteiger partial charge in [-0.3, -0.25) is 9.59 Å². The lowest BCUT2D eigenvalue weighted by Gasteiger charge is -2.30. The van der Waals surface area contributed by atoms with Crippen molar-refractivity contribution in [2.45, 2.75) is 45.3 Å². The lowest BCUT2D eigenvalue weighted by molar-refractivity contribution is -0.147. The number of esters is 1. The molecule has 5 nitrogen and oxygen atoms in total. The number of nitrogens with one attached hydrogen (secondary N) is 1. The van der Waals surface area contributed by atoms with E-state index in [9.17, 15) is 9.59 Å². The van der Waals surface area contributed by atoms with Crippen LogP contribution >= 0.6 is 11.3 Å². The number of carbonyl (C=O) groups excluding carboxylic acids is 2. The van der Waals surface area contributed by atoms with Crippen LogP contribution in [-0.4, -0.2) is 24.1 Å². The molecule has 0 saturated heterocycles. The second-order valence-electron chi connectivity index (χ2n) is 8.38. The molecule has 2 heterocycles. The van der Waals surface area contributed by atoms with Crippen molar-refractivity contribution in [3.8, 4) is 11.1 Å². The molecule has 1 N–H and O–H groups in total. The predicted octanol–water partition coefficient (Wildman–Crippen LogP) is 5.55. The molecule has 0 radical (unpaired) electrons. The number of anilines is 1. The number of carbonyl (C=O) groups is 2. The fourth-order valence-electron chi connectivity index (χ4n) is 4.00. The van der Waals surface area contributed by atoms with E-state index in [4.69, 9.17) is 9.47 Å². The van der Waals surface area contributed by atoms with E-state index in [-0.39, 0.29) is 12.2 Å². The lowest BCUT2D eigenvalue weighted by Crippen LogP contribution is -2.31. The minimum atomic E-state index is -1.04. The molecule has 6 heteroatoms. The molecule has 1 unspecified atom stereocenters. The molecule has 0 aliphatic carbocycles. The van der Waals surface area contributed by atoms with Crippen molar-refractivity contribution in [3.05, 3.63) is 76.7 Å². The monoisotopic (exact) mass is 449 g/mol. The van der Waals surface area contributed by atoms with Crippen molar-refractivity contribution < 1.29 is 19.1 Å². The fourth-order valence-corrected chi connectivity index (χ4v) is 5.16. The van der Waals surface area contributed by atoms with Crippen molar-refractivity contribution in [2.24, 2.45) is 0 Å². The van der Waals surface area contributed by atoms with Crippen molar-refractivity contribution in [1.82, 2.24) is 0 Å². The van der Waals surface area contributed by atoms with Gasteiger partial charge in [0.05, 0.1) is 18.8 Å². The highest BCUT2D eigenvalue weighted by Crippen LogP contribution is 2.46. The first-order valence-corrected chi connectivity index (χ1v) is 11.6. The van der Waals surface area contributed by atoms with E-state index < -0.39 is 17.8 Å². The van der Waals surface area contributed by atoms with Gasteiger partial charge in [-0.25, -0.2) is 0 Å². The Hall–Kier alpha value is -2.96. The molecule has 4 rings (SSSR count). The average Bonchev–Trinajstić information content (AvgIpc) is 3.11. The molecule has 166 valence electrons. The predicted molar refractivity (Wildman–Crippen MR) is 127 cm³/mol. The summed E-state index contributed by atoms with van der Waals surface area (Å²) in [6, 6.07) is 19.1. The lowest BCUT2D eigenvalue weighted by atomic mass is 9.90. The van der Waals surface area contributed by atoms with E-state index in [1.807, 2.05) is 48.5 Å². The maximum Gasteiger partial charge on any atom is 0.323 e. The Kier molecular flexibility index (Phi) is 6.44. The van der Waals surface area contributed by atoms with E-state index in [2.05, 4.69) is 19.2 Å². The summed E-state index contributed by atoms with van der Waals surface area (Å²) in [5.41, 5.74) is 3.56. The summed E-state index contributed by atoms with van der Waals surface area (Å²) in [5.74, 6) is -1.99. The second-order valence-corrected chi connectivity index (χ2v) is 9.49. The largest absolute Gasteiger partial charge is 0.465 e. The summed E-state index contributed by atoms with van der Waals surface area (Å²) < 4.78 is 11.2. The molecule has 3 aromatic rings. The van der Waals surface area contributed by atoms with Crippen LogP contribution in [0.2, 0.25) is 0 Å². The van der Waals surface area contributed by atoms with Crippen molar-refractivity contribution >= 4 is 28.2 Å². The van der Waals surface area contributed by atoms with Crippen LogP contribution in [0.15, 0.2) is 60.7 Å². The third kappa shape index (κ3) is 4.61. The summed E-state index contributed by atoms with van der Waals surface area (Å²) in [5, 5.41) is 3.79. The van der Waals surface area contributed by atoms with Gasteiger partial charge in [0, 0.05) is 16.9 Å². The van der Waals surface area contributed by atoms with Gasteiger partial charge in [-0.05, 0) is 37.5 Å². The van der Waals surface area contributed by atoms with E-state index in [1.165, 1.54) is 16.9 Å². The van der Waals surface area contributed by atoms with E-state index in [1.54, 1.807) is 19.1 Å². The van der Waals surface area contributed by atoms with Gasteiger partial charge in [-0.1, -0.05) is 60.7 Å². The molecule has 0 bridgehead atoms. The van der Waals surface area contributed by atoms with Crippen LogP contribution in [-0.2, 0) is 32.1 Å². The molecule has 1 aromatic heterocycles. The zero-order valence-electron chi connectivity index (χ0n) is 18.5. The van der Waals surface area contributed by atoms with E-state index in [0.717, 1.165) is 27.4 Å². The minimum absolute atomic E-state index is 0.213. The van der Waals surface area contributed by atoms with Gasteiger partial charge in [0.15, 0.2) is 5.92 Å². The summed E-state index contributed by atoms with van der Waals surface area (Å²) in [6.07, 6.45) is 0.749. The molecule has 32 heavy (non-hydrogen) atoms. The Balaban J connectivity index is 1.74. The van der Waals surface area contributed by atoms with Crippen LogP contribution in [0, 0.1) is 0 Å². The second kappa shape index (κ2) is 9.27. The topological polar surface area (TPSA) is 64.6 Å². The molecule has 1 amide bonds. The molecule has 1 aliphatic rings. The number of rotatable bonds is 6. The first-order chi connectivity index (χ1) is 15.4. The molecule has 1 aliphatic heterocycles. The number of ether oxygens (including phenoxy) is 2. The standard InChI is InChI=1S/C26H27NO4S/c1-4-30-25(29)22(18-13-9-6-10-14-18)23(28)27-24-21(17-11-7-5-8-12-17)19-15-26(2,3)31-16-20(19)32-24/h5-14,22H,4,15-16H2,1-3H3,(H,27,28). The van der Waals surface area contributed by atoms with Crippen LogP contribution < -0.4 is 5.32 Å². The Labute approximate surface area is 192 Å². The van der Waals surface area contributed by atoms with Crippen molar-refractivity contribution in [1.29, 1.82) is 0 Å². The minimum Gasteiger partial charge on any atom is -0.465 e. The Bertz CT molecular complexity index is 1110. The van der Waals surface area contributed by atoms with Gasteiger partial charge in [0.25, 0.3) is 0 Å². The third-order valence-corrected chi connectivity index (χ3v) is 6.62. The first kappa shape index (κ1) is 22.2. The Morgan fingerprint density at radius 3 is 2.41 bits per heavy atom. The van der Waals surface area contributed by atoms with Gasteiger partial charge in [-0.2, -0.15) is 0 Å². The van der Waals surface area contributed by atoms with Crippen LogP contribution in [0.1, 0.15) is 42.7 Å². The molecular weight excluding hydrogens is 422 g/mol. The van der Waals surface area contributed by atoms with Crippen LogP contribution in [0.4, 0.5) is 5.00 Å². The van der Waals surface area contributed by atoms with Gasteiger partial charge in [0.2, 0.25) is 5.91 Å². The highest BCUT2D eigenvalue weighted by atomic mass is 32.1. The molecular formula is C26H27NO4S. The van der Waals surface area contributed by atoms with Gasteiger partial charge in [0.1, 0.15) is 5.00 Å². The summed E-state index contributed by atoms with van der Waals surface area (Å²) in [4.78, 5) is 27.2. The van der Waals surface area contributed by atoms with Crippen LogP contribution in [0.5, 0.6) is 0 Å². The van der Waals surface area contributed by atoms with E-state index >= 15 is 0 Å². The number of hydrogen-bond acceptors (Lipinski definition) is 5. The highest BCUT2D eigenvalue weighted by Gasteiger charge is 2.34. The van der Waals surface area contributed by atoms with Gasteiger partial charge in [-0.15, -0.1) is 11.3 Å². The van der Waals surface area contributed by atoms with E-state index in [0.29, 0.717) is 12.2 Å². The number of benzene rings is 2. The number of hydrogen-bond donors (Lipinski definition) is 1. The molecule has 0 saturated carbocycles. The van der Waals surface area contributed by atoms with Crippen molar-refractivity contribution in [3.63, 3.8) is 0 Å². The summed E-state index contributed by atoms with van der Waals surface area (Å²) in [6.45, 7) is 6.60. The smallest absolute Gasteiger partial charge is 0.323 e. The van der Waals surface area contributed by atoms with Crippen molar-refractivity contribution in [2.75, 3.05) is 11.9 Å². The average molecular weight is 450 g/mol. The number of amides is 1. The first-order valence-electron chi connectivity index (χ1n) is 10.8. The molecule has 0 fully saturated rings. The molecule has 2 aromatic carbocycles. The third-order valence-electron chi connectivity index (χ3n) is 5.50. The van der Waals surface area contributed by atoms with Gasteiger partial charge < -0.3 is 14.8 Å². The number of thiophene rings is 1. The van der Waals surface area contributed by atoms with Crippen LogP contribution in [0.25, 0.3) is 11.1 Å². The maximum absolute atomic E-state index is 13.4. The quantitative estimate of drug-likeness (QED) is 0.396. The molecule has 1 atom stereocenters. The highest BCUT2D eigenvalue weighted by molar-refractivity contribution is 7.17. The SMILES string of the molecule is CCOC(=O)C(C(=O)Nc1sc2c(c1-c1ccccc1)CC(C)(C)OC2)c1ccccc1. The fraction of sp³-hybridized carbons (Fsp3) is 0.308.